The van der Waals surface area contributed by atoms with Gasteiger partial charge < -0.3 is 20.1 Å². The van der Waals surface area contributed by atoms with Crippen LogP contribution in [-0.4, -0.2) is 32.0 Å². The Morgan fingerprint density at radius 2 is 1.82 bits per heavy atom. The third-order valence-corrected chi connectivity index (χ3v) is 7.83. The van der Waals surface area contributed by atoms with Gasteiger partial charge in [-0.15, -0.1) is 0 Å². The van der Waals surface area contributed by atoms with Crippen LogP contribution in [0.25, 0.3) is 5.69 Å². The summed E-state index contributed by atoms with van der Waals surface area (Å²) in [6.07, 6.45) is 3.09. The van der Waals surface area contributed by atoms with Gasteiger partial charge in [0.2, 0.25) is 5.91 Å². The number of aromatic nitrogens is 2. The molecule has 1 fully saturated rings. The van der Waals surface area contributed by atoms with Crippen LogP contribution < -0.4 is 10.6 Å². The molecular formula is C32H35N5OS. The molecule has 1 saturated heterocycles. The van der Waals surface area contributed by atoms with E-state index in [9.17, 15) is 4.79 Å². The number of hydrogen-bond donors (Lipinski definition) is 2. The molecule has 2 aromatic heterocycles. The normalized spacial score (nSPS) is 16.8. The molecule has 7 heteroatoms. The first-order valence-electron chi connectivity index (χ1n) is 13.5. The lowest BCUT2D eigenvalue weighted by Gasteiger charge is -2.28. The number of pyridine rings is 1. The van der Waals surface area contributed by atoms with Gasteiger partial charge in [-0.3, -0.25) is 9.78 Å². The number of carbonyl (C=O) groups excluding carboxylic acids is 1. The van der Waals surface area contributed by atoms with Crippen LogP contribution in [0.2, 0.25) is 0 Å². The Kier molecular flexibility index (Phi) is 7.79. The Bertz CT molecular complexity index is 1500. The number of hydrogen-bond acceptors (Lipinski definition) is 3. The summed E-state index contributed by atoms with van der Waals surface area (Å²) in [5, 5.41) is 7.19. The van der Waals surface area contributed by atoms with Gasteiger partial charge in [0.05, 0.1) is 17.8 Å². The molecule has 5 rings (SSSR count). The van der Waals surface area contributed by atoms with E-state index in [2.05, 4.69) is 76.2 Å². The number of para-hydroxylation sites is 1. The largest absolute Gasteiger partial charge is 0.352 e. The van der Waals surface area contributed by atoms with E-state index in [1.807, 2.05) is 55.6 Å². The van der Waals surface area contributed by atoms with E-state index in [1.54, 1.807) is 0 Å². The van der Waals surface area contributed by atoms with Crippen molar-refractivity contribution in [3.05, 3.63) is 113 Å². The Hall–Kier alpha value is -3.97. The first kappa shape index (κ1) is 26.6. The maximum Gasteiger partial charge on any atom is 0.226 e. The molecule has 0 spiro atoms. The molecule has 0 aliphatic carbocycles. The molecule has 2 unspecified atom stereocenters. The van der Waals surface area contributed by atoms with Gasteiger partial charge in [0, 0.05) is 41.9 Å². The first-order valence-corrected chi connectivity index (χ1v) is 13.9. The molecule has 39 heavy (non-hydrogen) atoms. The summed E-state index contributed by atoms with van der Waals surface area (Å²) in [5.74, 6) is -0.0363. The fourth-order valence-electron chi connectivity index (χ4n) is 5.64. The number of rotatable bonds is 8. The molecule has 3 heterocycles. The third kappa shape index (κ3) is 5.45. The minimum atomic E-state index is -0.131. The lowest BCUT2D eigenvalue weighted by molar-refractivity contribution is -0.116. The van der Waals surface area contributed by atoms with Crippen LogP contribution in [0.4, 0.5) is 5.69 Å². The monoisotopic (exact) mass is 537 g/mol. The average Bonchev–Trinajstić information content (AvgIpc) is 3.42. The lowest BCUT2D eigenvalue weighted by Crippen LogP contribution is -2.32. The number of aryl methyl sites for hydroxylation is 3. The van der Waals surface area contributed by atoms with Crippen molar-refractivity contribution in [3.63, 3.8) is 0 Å². The third-order valence-electron chi connectivity index (χ3n) is 7.48. The number of amides is 1. The Labute approximate surface area is 236 Å². The highest BCUT2D eigenvalue weighted by Crippen LogP contribution is 2.41. The summed E-state index contributed by atoms with van der Waals surface area (Å²) in [6.45, 7) is 9.02. The van der Waals surface area contributed by atoms with Crippen LogP contribution in [0.5, 0.6) is 0 Å². The van der Waals surface area contributed by atoms with Gasteiger partial charge >= 0.3 is 0 Å². The molecule has 2 atom stereocenters. The molecule has 200 valence electrons. The van der Waals surface area contributed by atoms with Crippen molar-refractivity contribution >= 4 is 28.9 Å². The van der Waals surface area contributed by atoms with Crippen molar-refractivity contribution in [2.75, 3.05) is 11.9 Å². The molecule has 1 aliphatic heterocycles. The molecule has 1 amide bonds. The van der Waals surface area contributed by atoms with Crippen molar-refractivity contribution in [2.45, 2.75) is 52.6 Å². The summed E-state index contributed by atoms with van der Waals surface area (Å²) in [4.78, 5) is 19.8. The second-order valence-corrected chi connectivity index (χ2v) is 10.5. The molecule has 0 saturated carbocycles. The SMILES string of the molecule is CCc1ccccc1-n1c(C)cc(C2C(c3ccccn3)NC(=S)N2CCC(=O)Nc2cccc(C)c2)c1C. The van der Waals surface area contributed by atoms with E-state index in [1.165, 1.54) is 22.5 Å². The van der Waals surface area contributed by atoms with Crippen LogP contribution >= 0.6 is 12.2 Å². The lowest BCUT2D eigenvalue weighted by atomic mass is 9.96. The number of benzene rings is 2. The summed E-state index contributed by atoms with van der Waals surface area (Å²) < 4.78 is 2.34. The minimum absolute atomic E-state index is 0.0363. The van der Waals surface area contributed by atoms with E-state index in [0.717, 1.165) is 29.1 Å². The predicted octanol–water partition coefficient (Wildman–Crippen LogP) is 6.36. The van der Waals surface area contributed by atoms with Crippen molar-refractivity contribution in [1.29, 1.82) is 0 Å². The zero-order valence-electron chi connectivity index (χ0n) is 22.9. The summed E-state index contributed by atoms with van der Waals surface area (Å²) in [7, 11) is 0. The van der Waals surface area contributed by atoms with Gasteiger partial charge in [0.15, 0.2) is 5.11 Å². The number of thiocarbonyl (C=S) groups is 1. The van der Waals surface area contributed by atoms with Crippen LogP contribution in [-0.2, 0) is 11.2 Å². The van der Waals surface area contributed by atoms with E-state index >= 15 is 0 Å². The second kappa shape index (κ2) is 11.4. The smallest absolute Gasteiger partial charge is 0.226 e. The van der Waals surface area contributed by atoms with Gasteiger partial charge in [0.25, 0.3) is 0 Å². The number of carbonyl (C=O) groups is 1. The Balaban J connectivity index is 1.49. The van der Waals surface area contributed by atoms with E-state index < -0.39 is 0 Å². The Morgan fingerprint density at radius 3 is 2.56 bits per heavy atom. The number of nitrogens with zero attached hydrogens (tertiary/aromatic N) is 3. The molecule has 1 aliphatic rings. The van der Waals surface area contributed by atoms with Gasteiger partial charge in [0.1, 0.15) is 0 Å². The number of nitrogens with one attached hydrogen (secondary N) is 2. The highest BCUT2D eigenvalue weighted by molar-refractivity contribution is 7.80. The highest BCUT2D eigenvalue weighted by Gasteiger charge is 2.41. The van der Waals surface area contributed by atoms with Crippen LogP contribution in [0, 0.1) is 20.8 Å². The van der Waals surface area contributed by atoms with Crippen LogP contribution in [0.15, 0.2) is 79.0 Å². The van der Waals surface area contributed by atoms with Gasteiger partial charge in [-0.1, -0.05) is 43.3 Å². The molecule has 4 aromatic rings. The summed E-state index contributed by atoms with van der Waals surface area (Å²) in [6, 6.07) is 24.4. The molecule has 0 radical (unpaired) electrons. The van der Waals surface area contributed by atoms with Crippen molar-refractivity contribution < 1.29 is 4.79 Å². The first-order chi connectivity index (χ1) is 18.9. The van der Waals surface area contributed by atoms with Crippen molar-refractivity contribution in [1.82, 2.24) is 19.8 Å². The fraction of sp³-hybridized carbons (Fsp3) is 0.281. The fourth-order valence-corrected chi connectivity index (χ4v) is 5.97. The maximum absolute atomic E-state index is 12.9. The zero-order valence-corrected chi connectivity index (χ0v) is 23.8. The average molecular weight is 538 g/mol. The van der Waals surface area contributed by atoms with Crippen LogP contribution in [0.3, 0.4) is 0 Å². The van der Waals surface area contributed by atoms with E-state index in [4.69, 9.17) is 12.2 Å². The van der Waals surface area contributed by atoms with Crippen molar-refractivity contribution in [3.8, 4) is 5.69 Å². The van der Waals surface area contributed by atoms with Gasteiger partial charge in [-0.25, -0.2) is 0 Å². The zero-order chi connectivity index (χ0) is 27.5. The van der Waals surface area contributed by atoms with E-state index in [-0.39, 0.29) is 18.0 Å². The maximum atomic E-state index is 12.9. The molecular weight excluding hydrogens is 502 g/mol. The quantitative estimate of drug-likeness (QED) is 0.256. The standard InChI is InChI=1S/C32H35N5OS/c1-5-24-12-6-7-15-28(24)37-22(3)20-26(23(37)4)31-30(27-14-8-9-17-33-27)35-32(39)36(31)18-16-29(38)34-25-13-10-11-21(2)19-25/h6-15,17,19-20,30-31H,5,16,18H2,1-4H3,(H,34,38)(H,35,39). The molecule has 0 bridgehead atoms. The second-order valence-electron chi connectivity index (χ2n) is 10.1. The summed E-state index contributed by atoms with van der Waals surface area (Å²) >= 11 is 5.86. The predicted molar refractivity (Wildman–Crippen MR) is 161 cm³/mol. The minimum Gasteiger partial charge on any atom is -0.352 e. The van der Waals surface area contributed by atoms with E-state index in [0.29, 0.717) is 18.1 Å². The Morgan fingerprint density at radius 1 is 1.03 bits per heavy atom. The highest BCUT2D eigenvalue weighted by atomic mass is 32.1. The molecule has 2 N–H and O–H groups in total. The van der Waals surface area contributed by atoms with Gasteiger partial charge in [-0.2, -0.15) is 0 Å². The number of anilines is 1. The van der Waals surface area contributed by atoms with Crippen LogP contribution in [0.1, 0.15) is 59.2 Å². The topological polar surface area (TPSA) is 62.2 Å². The molecule has 2 aromatic carbocycles. The summed E-state index contributed by atoms with van der Waals surface area (Å²) in [5.41, 5.74) is 8.86. The molecule has 6 nitrogen and oxygen atoms in total. The van der Waals surface area contributed by atoms with Crippen molar-refractivity contribution in [2.24, 2.45) is 0 Å². The van der Waals surface area contributed by atoms with Gasteiger partial charge in [-0.05, 0) is 92.5 Å².